The molecule has 0 spiro atoms. The van der Waals surface area contributed by atoms with Gasteiger partial charge in [0.15, 0.2) is 0 Å². The highest BCUT2D eigenvalue weighted by atomic mass is 35.5. The Morgan fingerprint density at radius 1 is 1.03 bits per heavy atom. The largest absolute Gasteiger partial charge is 0.345 e. The van der Waals surface area contributed by atoms with Gasteiger partial charge >= 0.3 is 0 Å². The molecule has 0 aromatic heterocycles. The zero-order chi connectivity index (χ0) is 22.4. The van der Waals surface area contributed by atoms with E-state index < -0.39 is 22.8 Å². The zero-order valence-electron chi connectivity index (χ0n) is 16.7. The predicted octanol–water partition coefficient (Wildman–Crippen LogP) is 5.06. The van der Waals surface area contributed by atoms with Crippen LogP contribution < -0.4 is 10.6 Å². The molecular formula is C23H20ClN3O4. The second-order valence-corrected chi connectivity index (χ2v) is 7.33. The number of hydrogen-bond acceptors (Lipinski definition) is 4. The Balaban J connectivity index is 1.78. The van der Waals surface area contributed by atoms with Crippen LogP contribution in [0.2, 0.25) is 5.02 Å². The van der Waals surface area contributed by atoms with E-state index in [1.165, 1.54) is 6.07 Å². The van der Waals surface area contributed by atoms with Crippen molar-refractivity contribution in [2.24, 2.45) is 0 Å². The summed E-state index contributed by atoms with van der Waals surface area (Å²) in [7, 11) is 0. The Labute approximate surface area is 184 Å². The smallest absolute Gasteiger partial charge is 0.274 e. The highest BCUT2D eigenvalue weighted by Gasteiger charge is 2.21. The summed E-state index contributed by atoms with van der Waals surface area (Å²) in [4.78, 5) is 36.1. The van der Waals surface area contributed by atoms with Gasteiger partial charge in [-0.2, -0.15) is 0 Å². The van der Waals surface area contributed by atoms with Gasteiger partial charge in [0, 0.05) is 17.3 Å². The van der Waals surface area contributed by atoms with Crippen molar-refractivity contribution in [3.63, 3.8) is 0 Å². The molecular weight excluding hydrogens is 418 g/mol. The van der Waals surface area contributed by atoms with Crippen molar-refractivity contribution >= 4 is 34.8 Å². The number of amides is 2. The molecule has 0 aliphatic carbocycles. The van der Waals surface area contributed by atoms with E-state index in [0.717, 1.165) is 5.56 Å². The molecule has 3 aromatic rings. The lowest BCUT2D eigenvalue weighted by Gasteiger charge is -2.19. The standard InChI is InChI=1S/C23H20ClN3O4/c1-15-11-12-17(13-21(15)27(30)31)25-22(28)14-20(16-7-3-2-4-8-16)26-23(29)18-9-5-6-10-19(18)24/h2-13,20H,14H2,1H3,(H,25,28)(H,26,29). The number of halogens is 1. The Bertz CT molecular complexity index is 1120. The molecule has 158 valence electrons. The summed E-state index contributed by atoms with van der Waals surface area (Å²) in [5, 5.41) is 17.0. The lowest BCUT2D eigenvalue weighted by atomic mass is 10.0. The normalized spacial score (nSPS) is 11.4. The number of hydrogen-bond donors (Lipinski definition) is 2. The first-order valence-corrected chi connectivity index (χ1v) is 9.88. The van der Waals surface area contributed by atoms with Crippen molar-refractivity contribution < 1.29 is 14.5 Å². The van der Waals surface area contributed by atoms with E-state index in [-0.39, 0.29) is 12.1 Å². The molecule has 0 bridgehead atoms. The van der Waals surface area contributed by atoms with Gasteiger partial charge in [-0.05, 0) is 30.7 Å². The number of carbonyl (C=O) groups is 2. The molecule has 0 saturated heterocycles. The summed E-state index contributed by atoms with van der Waals surface area (Å²) in [5.41, 5.74) is 1.78. The topological polar surface area (TPSA) is 101 Å². The highest BCUT2D eigenvalue weighted by molar-refractivity contribution is 6.33. The van der Waals surface area contributed by atoms with Gasteiger partial charge in [-0.3, -0.25) is 19.7 Å². The average molecular weight is 438 g/mol. The molecule has 0 radical (unpaired) electrons. The second-order valence-electron chi connectivity index (χ2n) is 6.93. The van der Waals surface area contributed by atoms with Crippen LogP contribution in [0.5, 0.6) is 0 Å². The molecule has 3 rings (SSSR count). The van der Waals surface area contributed by atoms with Crippen LogP contribution in [0, 0.1) is 17.0 Å². The fraction of sp³-hybridized carbons (Fsp3) is 0.130. The number of anilines is 1. The van der Waals surface area contributed by atoms with Gasteiger partial charge in [0.05, 0.1) is 28.0 Å². The molecule has 31 heavy (non-hydrogen) atoms. The van der Waals surface area contributed by atoms with Gasteiger partial charge < -0.3 is 10.6 Å². The van der Waals surface area contributed by atoms with Gasteiger partial charge in [0.25, 0.3) is 11.6 Å². The number of carbonyl (C=O) groups excluding carboxylic acids is 2. The number of nitrogens with one attached hydrogen (secondary N) is 2. The van der Waals surface area contributed by atoms with Gasteiger partial charge in [-0.15, -0.1) is 0 Å². The van der Waals surface area contributed by atoms with Crippen LogP contribution in [-0.2, 0) is 4.79 Å². The van der Waals surface area contributed by atoms with Crippen molar-refractivity contribution in [3.05, 3.63) is 105 Å². The predicted molar refractivity (Wildman–Crippen MR) is 119 cm³/mol. The molecule has 3 aromatic carbocycles. The van der Waals surface area contributed by atoms with Crippen molar-refractivity contribution in [1.82, 2.24) is 5.32 Å². The van der Waals surface area contributed by atoms with E-state index >= 15 is 0 Å². The molecule has 1 atom stereocenters. The van der Waals surface area contributed by atoms with Gasteiger partial charge in [-0.25, -0.2) is 0 Å². The minimum absolute atomic E-state index is 0.0676. The lowest BCUT2D eigenvalue weighted by molar-refractivity contribution is -0.385. The van der Waals surface area contributed by atoms with Crippen molar-refractivity contribution in [1.29, 1.82) is 0 Å². The van der Waals surface area contributed by atoms with Crippen molar-refractivity contribution in [2.75, 3.05) is 5.32 Å². The number of nitro benzene ring substituents is 1. The Morgan fingerprint density at radius 2 is 1.71 bits per heavy atom. The summed E-state index contributed by atoms with van der Waals surface area (Å²) < 4.78 is 0. The summed E-state index contributed by atoms with van der Waals surface area (Å²) in [6.07, 6.45) is -0.0676. The summed E-state index contributed by atoms with van der Waals surface area (Å²) >= 11 is 6.12. The fourth-order valence-electron chi connectivity index (χ4n) is 3.10. The van der Waals surface area contributed by atoms with Crippen LogP contribution in [0.4, 0.5) is 11.4 Å². The van der Waals surface area contributed by atoms with Crippen molar-refractivity contribution in [3.8, 4) is 0 Å². The SMILES string of the molecule is Cc1ccc(NC(=O)CC(NC(=O)c2ccccc2Cl)c2ccccc2)cc1[N+](=O)[O-]. The first-order valence-electron chi connectivity index (χ1n) is 9.50. The molecule has 7 nitrogen and oxygen atoms in total. The van der Waals surface area contributed by atoms with Gasteiger partial charge in [-0.1, -0.05) is 60.1 Å². The third kappa shape index (κ3) is 5.67. The van der Waals surface area contributed by atoms with E-state index in [2.05, 4.69) is 10.6 Å². The third-order valence-corrected chi connectivity index (χ3v) is 5.03. The van der Waals surface area contributed by atoms with Crippen LogP contribution in [0.25, 0.3) is 0 Å². The molecule has 1 unspecified atom stereocenters. The van der Waals surface area contributed by atoms with Crippen molar-refractivity contribution in [2.45, 2.75) is 19.4 Å². The second kappa shape index (κ2) is 9.86. The Morgan fingerprint density at radius 3 is 2.39 bits per heavy atom. The molecule has 2 N–H and O–H groups in total. The Kier molecular flexibility index (Phi) is 6.99. The summed E-state index contributed by atoms with van der Waals surface area (Å²) in [6.45, 7) is 1.62. The molecule has 0 aliphatic heterocycles. The van der Waals surface area contributed by atoms with E-state index in [4.69, 9.17) is 11.6 Å². The molecule has 0 fully saturated rings. The maximum absolute atomic E-state index is 12.7. The molecule has 0 saturated carbocycles. The van der Waals surface area contributed by atoms with E-state index in [1.807, 2.05) is 30.3 Å². The van der Waals surface area contributed by atoms with Crippen LogP contribution in [0.15, 0.2) is 72.8 Å². The average Bonchev–Trinajstić information content (AvgIpc) is 2.75. The minimum Gasteiger partial charge on any atom is -0.345 e. The van der Waals surface area contributed by atoms with Gasteiger partial charge in [0.2, 0.25) is 5.91 Å². The maximum atomic E-state index is 12.7. The number of nitrogens with zero attached hydrogens (tertiary/aromatic N) is 1. The first-order chi connectivity index (χ1) is 14.8. The van der Waals surface area contributed by atoms with Crippen LogP contribution >= 0.6 is 11.6 Å². The van der Waals surface area contributed by atoms with Crippen LogP contribution in [-0.4, -0.2) is 16.7 Å². The van der Waals surface area contributed by atoms with E-state index in [9.17, 15) is 19.7 Å². The Hall–Kier alpha value is -3.71. The lowest BCUT2D eigenvalue weighted by Crippen LogP contribution is -2.31. The number of aryl methyl sites for hydroxylation is 1. The molecule has 0 aliphatic rings. The minimum atomic E-state index is -0.620. The molecule has 0 heterocycles. The van der Waals surface area contributed by atoms with Crippen LogP contribution in [0.3, 0.4) is 0 Å². The quantitative estimate of drug-likeness (QED) is 0.398. The maximum Gasteiger partial charge on any atom is 0.274 e. The monoisotopic (exact) mass is 437 g/mol. The third-order valence-electron chi connectivity index (χ3n) is 4.70. The summed E-state index contributed by atoms with van der Waals surface area (Å²) in [5.74, 6) is -0.801. The van der Waals surface area contributed by atoms with E-state index in [0.29, 0.717) is 21.8 Å². The number of rotatable bonds is 7. The molecule has 8 heteroatoms. The zero-order valence-corrected chi connectivity index (χ0v) is 17.4. The number of nitro groups is 1. The highest BCUT2D eigenvalue weighted by Crippen LogP contribution is 2.24. The fourth-order valence-corrected chi connectivity index (χ4v) is 3.32. The van der Waals surface area contributed by atoms with Gasteiger partial charge in [0.1, 0.15) is 0 Å². The summed E-state index contributed by atoms with van der Waals surface area (Å²) in [6, 6.07) is 19.6. The van der Waals surface area contributed by atoms with E-state index in [1.54, 1.807) is 43.3 Å². The van der Waals surface area contributed by atoms with Crippen LogP contribution in [0.1, 0.15) is 33.9 Å². The first kappa shape index (κ1) is 22.0. The molecule has 2 amide bonds. The number of benzene rings is 3.